The van der Waals surface area contributed by atoms with Crippen LogP contribution < -0.4 is 10.2 Å². The Kier molecular flexibility index (Phi) is 5.23. The highest BCUT2D eigenvalue weighted by Gasteiger charge is 2.16. The van der Waals surface area contributed by atoms with Gasteiger partial charge in [-0.25, -0.2) is 0 Å². The Morgan fingerprint density at radius 3 is 2.24 bits per heavy atom. The highest BCUT2D eigenvalue weighted by molar-refractivity contribution is 6.05. The molecule has 1 N–H and O–H groups in total. The van der Waals surface area contributed by atoms with E-state index >= 15 is 0 Å². The minimum Gasteiger partial charge on any atom is -0.370 e. The van der Waals surface area contributed by atoms with Crippen LogP contribution in [0, 0.1) is 0 Å². The highest BCUT2D eigenvalue weighted by Crippen LogP contribution is 2.28. The summed E-state index contributed by atoms with van der Waals surface area (Å²) in [5.41, 5.74) is 2.70. The molecule has 1 aliphatic heterocycles. The second-order valence-electron chi connectivity index (χ2n) is 5.03. The lowest BCUT2D eigenvalue weighted by atomic mass is 10.2. The fourth-order valence-electron chi connectivity index (χ4n) is 2.60. The molecule has 3 nitrogen and oxygen atoms in total. The van der Waals surface area contributed by atoms with E-state index in [1.165, 1.54) is 12.8 Å². The normalized spacial score (nSPS) is 13.6. The van der Waals surface area contributed by atoms with E-state index in [1.54, 1.807) is 0 Å². The molecule has 0 bridgehead atoms. The van der Waals surface area contributed by atoms with Gasteiger partial charge < -0.3 is 10.2 Å². The van der Waals surface area contributed by atoms with Crippen LogP contribution in [0.5, 0.6) is 0 Å². The first-order valence-corrected chi connectivity index (χ1v) is 7.05. The van der Waals surface area contributed by atoms with E-state index in [4.69, 9.17) is 0 Å². The summed E-state index contributed by atoms with van der Waals surface area (Å²) in [6, 6.07) is 17.3. The second kappa shape index (κ2) is 7.14. The van der Waals surface area contributed by atoms with E-state index in [0.29, 0.717) is 5.56 Å². The Balaban J connectivity index is 0.00000161. The van der Waals surface area contributed by atoms with Gasteiger partial charge in [-0.2, -0.15) is 0 Å². The third-order valence-electron chi connectivity index (χ3n) is 3.63. The molecule has 110 valence electrons. The van der Waals surface area contributed by atoms with Gasteiger partial charge in [0.2, 0.25) is 0 Å². The third kappa shape index (κ3) is 3.56. The Bertz CT molecular complexity index is 595. The summed E-state index contributed by atoms with van der Waals surface area (Å²) in [4.78, 5) is 14.6. The van der Waals surface area contributed by atoms with Gasteiger partial charge in [0, 0.05) is 18.7 Å². The van der Waals surface area contributed by atoms with E-state index in [0.717, 1.165) is 24.5 Å². The summed E-state index contributed by atoms with van der Waals surface area (Å²) >= 11 is 0. The molecule has 3 rings (SSSR count). The molecule has 0 aliphatic carbocycles. The maximum absolute atomic E-state index is 12.3. The Labute approximate surface area is 131 Å². The van der Waals surface area contributed by atoms with Crippen molar-refractivity contribution >= 4 is 29.7 Å². The minimum atomic E-state index is -0.0581. The van der Waals surface area contributed by atoms with Crippen molar-refractivity contribution in [3.63, 3.8) is 0 Å². The van der Waals surface area contributed by atoms with Gasteiger partial charge in [0.05, 0.1) is 11.4 Å². The van der Waals surface area contributed by atoms with Crippen LogP contribution in [0.3, 0.4) is 0 Å². The predicted molar refractivity (Wildman–Crippen MR) is 89.5 cm³/mol. The zero-order valence-electron chi connectivity index (χ0n) is 11.8. The SMILES string of the molecule is Cl.O=C(Nc1ccccc1N1CCCC1)c1ccccc1. The average Bonchev–Trinajstić information content (AvgIpc) is 3.03. The van der Waals surface area contributed by atoms with Gasteiger partial charge in [-0.15, -0.1) is 12.4 Å². The number of anilines is 2. The monoisotopic (exact) mass is 302 g/mol. The lowest BCUT2D eigenvalue weighted by molar-refractivity contribution is 0.102. The molecule has 0 aromatic heterocycles. The van der Waals surface area contributed by atoms with E-state index in [2.05, 4.69) is 16.3 Å². The van der Waals surface area contributed by atoms with Crippen molar-refractivity contribution in [1.29, 1.82) is 0 Å². The van der Waals surface area contributed by atoms with Gasteiger partial charge in [-0.3, -0.25) is 4.79 Å². The number of carbonyl (C=O) groups is 1. The lowest BCUT2D eigenvalue weighted by Crippen LogP contribution is -2.21. The highest BCUT2D eigenvalue weighted by atomic mass is 35.5. The van der Waals surface area contributed by atoms with Crippen LogP contribution in [0.4, 0.5) is 11.4 Å². The number of carbonyl (C=O) groups excluding carboxylic acids is 1. The van der Waals surface area contributed by atoms with Crippen LogP contribution in [0.2, 0.25) is 0 Å². The molecule has 2 aromatic rings. The molecule has 1 heterocycles. The predicted octanol–water partition coefficient (Wildman–Crippen LogP) is 3.96. The standard InChI is InChI=1S/C17H18N2O.ClH/c20-17(14-8-2-1-3-9-14)18-15-10-4-5-11-16(15)19-12-6-7-13-19;/h1-5,8-11H,6-7,12-13H2,(H,18,20);1H. The molecule has 1 aliphatic rings. The smallest absolute Gasteiger partial charge is 0.255 e. The van der Waals surface area contributed by atoms with Crippen LogP contribution in [0.15, 0.2) is 54.6 Å². The largest absolute Gasteiger partial charge is 0.370 e. The van der Waals surface area contributed by atoms with E-state index in [9.17, 15) is 4.79 Å². The third-order valence-corrected chi connectivity index (χ3v) is 3.63. The number of halogens is 1. The number of amides is 1. The van der Waals surface area contributed by atoms with Crippen LogP contribution in [-0.4, -0.2) is 19.0 Å². The van der Waals surface area contributed by atoms with Gasteiger partial charge in [0.15, 0.2) is 0 Å². The summed E-state index contributed by atoms with van der Waals surface area (Å²) in [5.74, 6) is -0.0581. The van der Waals surface area contributed by atoms with E-state index in [1.807, 2.05) is 48.5 Å². The average molecular weight is 303 g/mol. The molecule has 0 radical (unpaired) electrons. The lowest BCUT2D eigenvalue weighted by Gasteiger charge is -2.21. The van der Waals surface area contributed by atoms with Gasteiger partial charge in [0.1, 0.15) is 0 Å². The fourth-order valence-corrected chi connectivity index (χ4v) is 2.60. The van der Waals surface area contributed by atoms with Crippen molar-refractivity contribution in [3.8, 4) is 0 Å². The number of benzene rings is 2. The summed E-state index contributed by atoms with van der Waals surface area (Å²) in [7, 11) is 0. The van der Waals surface area contributed by atoms with Crippen LogP contribution >= 0.6 is 12.4 Å². The first-order chi connectivity index (χ1) is 9.84. The van der Waals surface area contributed by atoms with E-state index < -0.39 is 0 Å². The number of nitrogens with one attached hydrogen (secondary N) is 1. The van der Waals surface area contributed by atoms with E-state index in [-0.39, 0.29) is 18.3 Å². The Morgan fingerprint density at radius 2 is 1.52 bits per heavy atom. The maximum Gasteiger partial charge on any atom is 0.255 e. The molecule has 1 saturated heterocycles. The van der Waals surface area contributed by atoms with Gasteiger partial charge in [-0.1, -0.05) is 30.3 Å². The summed E-state index contributed by atoms with van der Waals surface area (Å²) in [5, 5.41) is 3.02. The molecule has 0 spiro atoms. The van der Waals surface area contributed by atoms with Crippen LogP contribution in [0.25, 0.3) is 0 Å². The van der Waals surface area contributed by atoms with Crippen molar-refractivity contribution in [2.24, 2.45) is 0 Å². The first kappa shape index (κ1) is 15.4. The summed E-state index contributed by atoms with van der Waals surface area (Å²) in [6.45, 7) is 2.14. The molecular weight excluding hydrogens is 284 g/mol. The van der Waals surface area contributed by atoms with Crippen molar-refractivity contribution in [2.75, 3.05) is 23.3 Å². The van der Waals surface area contributed by atoms with Gasteiger partial charge >= 0.3 is 0 Å². The number of hydrogen-bond acceptors (Lipinski definition) is 2. The fraction of sp³-hybridized carbons (Fsp3) is 0.235. The maximum atomic E-state index is 12.3. The van der Waals surface area contributed by atoms with Crippen molar-refractivity contribution in [2.45, 2.75) is 12.8 Å². The number of rotatable bonds is 3. The molecule has 4 heteroatoms. The number of nitrogens with zero attached hydrogens (tertiary/aromatic N) is 1. The van der Waals surface area contributed by atoms with Gasteiger partial charge in [-0.05, 0) is 37.1 Å². The van der Waals surface area contributed by atoms with Crippen molar-refractivity contribution in [1.82, 2.24) is 0 Å². The van der Waals surface area contributed by atoms with Crippen molar-refractivity contribution in [3.05, 3.63) is 60.2 Å². The van der Waals surface area contributed by atoms with Crippen LogP contribution in [-0.2, 0) is 0 Å². The first-order valence-electron chi connectivity index (χ1n) is 7.05. The Morgan fingerprint density at radius 1 is 0.905 bits per heavy atom. The topological polar surface area (TPSA) is 32.3 Å². The van der Waals surface area contributed by atoms with Crippen molar-refractivity contribution < 1.29 is 4.79 Å². The van der Waals surface area contributed by atoms with Gasteiger partial charge in [0.25, 0.3) is 5.91 Å². The zero-order chi connectivity index (χ0) is 13.8. The molecule has 2 aromatic carbocycles. The second-order valence-corrected chi connectivity index (χ2v) is 5.03. The quantitative estimate of drug-likeness (QED) is 0.930. The molecule has 21 heavy (non-hydrogen) atoms. The molecule has 1 amide bonds. The molecule has 0 atom stereocenters. The van der Waals surface area contributed by atoms with Crippen LogP contribution in [0.1, 0.15) is 23.2 Å². The number of para-hydroxylation sites is 2. The minimum absolute atomic E-state index is 0. The molecular formula is C17H19ClN2O. The molecule has 0 unspecified atom stereocenters. The summed E-state index contributed by atoms with van der Waals surface area (Å²) in [6.07, 6.45) is 2.45. The summed E-state index contributed by atoms with van der Waals surface area (Å²) < 4.78 is 0. The number of hydrogen-bond donors (Lipinski definition) is 1. The Hall–Kier alpha value is -2.00. The zero-order valence-corrected chi connectivity index (χ0v) is 12.6. The molecule has 0 saturated carbocycles. The molecule has 1 fully saturated rings.